The third kappa shape index (κ3) is 5.68. The van der Waals surface area contributed by atoms with Gasteiger partial charge in [-0.25, -0.2) is 0 Å². The lowest BCUT2D eigenvalue weighted by molar-refractivity contribution is 0.208. The van der Waals surface area contributed by atoms with Crippen molar-refractivity contribution in [3.63, 3.8) is 0 Å². The Labute approximate surface area is 150 Å². The number of hydrogen-bond donors (Lipinski definition) is 1. The Hall–Kier alpha value is -2.20. The van der Waals surface area contributed by atoms with E-state index >= 15 is 0 Å². The van der Waals surface area contributed by atoms with Crippen LogP contribution in [0.5, 0.6) is 17.2 Å². The monoisotopic (exact) mass is 343 g/mol. The molecular weight excluding hydrogens is 314 g/mol. The van der Waals surface area contributed by atoms with Gasteiger partial charge in [-0.1, -0.05) is 39.0 Å². The molecule has 0 bridgehead atoms. The van der Waals surface area contributed by atoms with Crippen LogP contribution in [-0.2, 0) is 12.0 Å². The van der Waals surface area contributed by atoms with E-state index in [0.717, 1.165) is 17.1 Å². The zero-order valence-electron chi connectivity index (χ0n) is 15.7. The fourth-order valence-corrected chi connectivity index (χ4v) is 2.43. The average Bonchev–Trinajstić information content (AvgIpc) is 2.59. The molecule has 2 N–H and O–H groups in total. The predicted molar refractivity (Wildman–Crippen MR) is 102 cm³/mol. The van der Waals surface area contributed by atoms with Crippen molar-refractivity contribution in [2.75, 3.05) is 19.8 Å². The Bertz CT molecular complexity index is 660. The second-order valence-electron chi connectivity index (χ2n) is 6.89. The van der Waals surface area contributed by atoms with Crippen molar-refractivity contribution in [1.82, 2.24) is 0 Å². The van der Waals surface area contributed by atoms with E-state index in [0.29, 0.717) is 32.1 Å². The Morgan fingerprint density at radius 2 is 1.52 bits per heavy atom. The minimum absolute atomic E-state index is 0.146. The molecule has 25 heavy (non-hydrogen) atoms. The lowest BCUT2D eigenvalue weighted by atomic mass is 9.87. The molecular formula is C21H29NO3. The van der Waals surface area contributed by atoms with Gasteiger partial charge in [0.15, 0.2) is 11.5 Å². The molecule has 4 nitrogen and oxygen atoms in total. The smallest absolute Gasteiger partial charge is 0.161 e. The summed E-state index contributed by atoms with van der Waals surface area (Å²) in [6, 6.07) is 14.0. The molecule has 2 aromatic rings. The minimum Gasteiger partial charge on any atom is -0.490 e. The van der Waals surface area contributed by atoms with Crippen LogP contribution in [0.2, 0.25) is 0 Å². The summed E-state index contributed by atoms with van der Waals surface area (Å²) in [4.78, 5) is 0. The molecule has 0 atom stereocenters. The molecule has 0 aliphatic heterocycles. The van der Waals surface area contributed by atoms with Crippen molar-refractivity contribution in [2.45, 2.75) is 39.7 Å². The highest BCUT2D eigenvalue weighted by molar-refractivity contribution is 5.43. The van der Waals surface area contributed by atoms with Crippen molar-refractivity contribution < 1.29 is 14.2 Å². The molecule has 0 aromatic heterocycles. The highest BCUT2D eigenvalue weighted by Gasteiger charge is 2.13. The molecule has 2 aromatic carbocycles. The zero-order chi connectivity index (χ0) is 18.3. The van der Waals surface area contributed by atoms with Gasteiger partial charge in [-0.2, -0.15) is 0 Å². The summed E-state index contributed by atoms with van der Waals surface area (Å²) in [5.41, 5.74) is 8.13. The van der Waals surface area contributed by atoms with E-state index in [1.807, 2.05) is 37.3 Å². The van der Waals surface area contributed by atoms with Crippen LogP contribution in [0.4, 0.5) is 0 Å². The van der Waals surface area contributed by atoms with Gasteiger partial charge in [0.25, 0.3) is 0 Å². The van der Waals surface area contributed by atoms with Crippen molar-refractivity contribution >= 4 is 0 Å². The zero-order valence-corrected chi connectivity index (χ0v) is 15.7. The quantitative estimate of drug-likeness (QED) is 0.726. The molecule has 0 saturated carbocycles. The van der Waals surface area contributed by atoms with Gasteiger partial charge in [0.1, 0.15) is 19.0 Å². The number of benzene rings is 2. The van der Waals surface area contributed by atoms with Crippen LogP contribution < -0.4 is 19.9 Å². The maximum atomic E-state index is 5.80. The fraction of sp³-hybridized carbons (Fsp3) is 0.429. The van der Waals surface area contributed by atoms with Gasteiger partial charge in [0.2, 0.25) is 0 Å². The van der Waals surface area contributed by atoms with Gasteiger partial charge in [-0.3, -0.25) is 0 Å². The molecule has 136 valence electrons. The van der Waals surface area contributed by atoms with Gasteiger partial charge < -0.3 is 19.9 Å². The lowest BCUT2D eigenvalue weighted by Gasteiger charge is -2.19. The summed E-state index contributed by atoms with van der Waals surface area (Å²) in [5, 5.41) is 0. The maximum absolute atomic E-state index is 5.80. The van der Waals surface area contributed by atoms with Crippen LogP contribution in [0, 0.1) is 0 Å². The van der Waals surface area contributed by atoms with Gasteiger partial charge in [0, 0.05) is 6.54 Å². The molecule has 0 aliphatic rings. The van der Waals surface area contributed by atoms with Gasteiger partial charge in [-0.15, -0.1) is 0 Å². The van der Waals surface area contributed by atoms with E-state index in [4.69, 9.17) is 19.9 Å². The van der Waals surface area contributed by atoms with E-state index in [9.17, 15) is 0 Å². The van der Waals surface area contributed by atoms with E-state index < -0.39 is 0 Å². The summed E-state index contributed by atoms with van der Waals surface area (Å²) < 4.78 is 17.2. The Morgan fingerprint density at radius 3 is 2.12 bits per heavy atom. The van der Waals surface area contributed by atoms with E-state index in [2.05, 4.69) is 32.9 Å². The van der Waals surface area contributed by atoms with Crippen molar-refractivity contribution in [3.8, 4) is 17.2 Å². The molecule has 0 saturated heterocycles. The maximum Gasteiger partial charge on any atom is 0.161 e. The van der Waals surface area contributed by atoms with Crippen LogP contribution in [0.1, 0.15) is 38.8 Å². The second kappa shape index (κ2) is 8.77. The SMILES string of the molecule is CCOc1cc(CN)ccc1OCCOc1ccc(C(C)(C)C)cc1. The molecule has 0 spiro atoms. The number of hydrogen-bond acceptors (Lipinski definition) is 4. The average molecular weight is 343 g/mol. The highest BCUT2D eigenvalue weighted by Crippen LogP contribution is 2.28. The number of nitrogens with two attached hydrogens (primary N) is 1. The molecule has 0 aliphatic carbocycles. The lowest BCUT2D eigenvalue weighted by Crippen LogP contribution is -2.12. The number of ether oxygens (including phenoxy) is 3. The molecule has 0 amide bonds. The van der Waals surface area contributed by atoms with Crippen LogP contribution in [0.15, 0.2) is 42.5 Å². The standard InChI is InChI=1S/C21H29NO3/c1-5-23-20-14-16(15-22)6-11-19(20)25-13-12-24-18-9-7-17(8-10-18)21(2,3)4/h6-11,14H,5,12-13,15,22H2,1-4H3. The second-order valence-corrected chi connectivity index (χ2v) is 6.89. The van der Waals surface area contributed by atoms with E-state index in [1.165, 1.54) is 5.56 Å². The Kier molecular flexibility index (Phi) is 6.71. The first-order valence-corrected chi connectivity index (χ1v) is 8.76. The van der Waals surface area contributed by atoms with E-state index in [-0.39, 0.29) is 5.41 Å². The third-order valence-corrected chi connectivity index (χ3v) is 3.87. The first-order valence-electron chi connectivity index (χ1n) is 8.76. The topological polar surface area (TPSA) is 53.7 Å². The Morgan fingerprint density at radius 1 is 0.840 bits per heavy atom. The molecule has 2 rings (SSSR count). The minimum atomic E-state index is 0.146. The summed E-state index contributed by atoms with van der Waals surface area (Å²) in [7, 11) is 0. The summed E-state index contributed by atoms with van der Waals surface area (Å²) in [5.74, 6) is 2.28. The summed E-state index contributed by atoms with van der Waals surface area (Å²) >= 11 is 0. The first kappa shape index (κ1) is 19.1. The molecule has 0 unspecified atom stereocenters. The summed E-state index contributed by atoms with van der Waals surface area (Å²) in [6.45, 7) is 10.5. The van der Waals surface area contributed by atoms with E-state index in [1.54, 1.807) is 0 Å². The first-order chi connectivity index (χ1) is 11.9. The van der Waals surface area contributed by atoms with Crippen molar-refractivity contribution in [2.24, 2.45) is 5.73 Å². The Balaban J connectivity index is 1.87. The van der Waals surface area contributed by atoms with Gasteiger partial charge in [-0.05, 0) is 47.7 Å². The normalized spacial score (nSPS) is 11.2. The number of rotatable bonds is 8. The molecule has 0 heterocycles. The highest BCUT2D eigenvalue weighted by atomic mass is 16.5. The van der Waals surface area contributed by atoms with Gasteiger partial charge in [0.05, 0.1) is 6.61 Å². The van der Waals surface area contributed by atoms with Gasteiger partial charge >= 0.3 is 0 Å². The summed E-state index contributed by atoms with van der Waals surface area (Å²) in [6.07, 6.45) is 0. The molecule has 0 radical (unpaired) electrons. The fourth-order valence-electron chi connectivity index (χ4n) is 2.43. The van der Waals surface area contributed by atoms with Crippen LogP contribution in [0.25, 0.3) is 0 Å². The van der Waals surface area contributed by atoms with Crippen LogP contribution in [-0.4, -0.2) is 19.8 Å². The van der Waals surface area contributed by atoms with Crippen LogP contribution >= 0.6 is 0 Å². The van der Waals surface area contributed by atoms with Crippen LogP contribution in [0.3, 0.4) is 0 Å². The molecule has 4 heteroatoms. The largest absolute Gasteiger partial charge is 0.490 e. The van der Waals surface area contributed by atoms with Crippen molar-refractivity contribution in [1.29, 1.82) is 0 Å². The van der Waals surface area contributed by atoms with Crippen molar-refractivity contribution in [3.05, 3.63) is 53.6 Å². The third-order valence-electron chi connectivity index (χ3n) is 3.87. The predicted octanol–water partition coefficient (Wildman–Crippen LogP) is 4.30. The molecule has 0 fully saturated rings.